The van der Waals surface area contributed by atoms with E-state index >= 15 is 0 Å². The number of para-hydroxylation sites is 1. The number of rotatable bonds is 1. The maximum atomic E-state index is 11.6. The van der Waals surface area contributed by atoms with Gasteiger partial charge in [0.15, 0.2) is 6.73 Å². The lowest BCUT2D eigenvalue weighted by atomic mass is 10.1. The van der Waals surface area contributed by atoms with Gasteiger partial charge in [-0.1, -0.05) is 18.2 Å². The zero-order chi connectivity index (χ0) is 11.8. The van der Waals surface area contributed by atoms with E-state index in [1.165, 1.54) is 7.11 Å². The Labute approximate surface area is 103 Å². The number of carbonyl (C=O) groups is 1. The van der Waals surface area contributed by atoms with Crippen LogP contribution in [0, 0.1) is 0 Å². The van der Waals surface area contributed by atoms with Gasteiger partial charge in [0.25, 0.3) is 0 Å². The van der Waals surface area contributed by atoms with Crippen molar-refractivity contribution in [1.82, 2.24) is 4.90 Å². The summed E-state index contributed by atoms with van der Waals surface area (Å²) >= 11 is 1.60. The molecule has 2 heterocycles. The topological polar surface area (TPSA) is 38.8 Å². The zero-order valence-electron chi connectivity index (χ0n) is 9.25. The first kappa shape index (κ1) is 10.5. The Bertz CT molecular complexity index is 500. The number of ether oxygens (including phenoxy) is 2. The number of esters is 1. The normalized spacial score (nSPS) is 21.1. The molecule has 0 saturated heterocycles. The van der Waals surface area contributed by atoms with Gasteiger partial charge in [0.2, 0.25) is 0 Å². The van der Waals surface area contributed by atoms with E-state index in [4.69, 9.17) is 9.47 Å². The summed E-state index contributed by atoms with van der Waals surface area (Å²) in [5, 5.41) is 1.95. The van der Waals surface area contributed by atoms with Crippen molar-refractivity contribution in [2.75, 3.05) is 13.8 Å². The van der Waals surface area contributed by atoms with Crippen molar-refractivity contribution in [3.63, 3.8) is 0 Å². The molecule has 0 fully saturated rings. The van der Waals surface area contributed by atoms with Crippen LogP contribution in [0.2, 0.25) is 0 Å². The van der Waals surface area contributed by atoms with Gasteiger partial charge in [-0.15, -0.1) is 11.8 Å². The molecule has 4 nitrogen and oxygen atoms in total. The van der Waals surface area contributed by atoms with E-state index in [9.17, 15) is 4.79 Å². The van der Waals surface area contributed by atoms with Gasteiger partial charge in [0, 0.05) is 11.0 Å². The molecule has 0 aromatic heterocycles. The number of thioether (sulfide) groups is 1. The Balaban J connectivity index is 1.93. The Hall–Kier alpha value is -1.62. The molecule has 2 aliphatic heterocycles. The Morgan fingerprint density at radius 2 is 2.35 bits per heavy atom. The molecule has 3 rings (SSSR count). The van der Waals surface area contributed by atoms with Gasteiger partial charge in [-0.05, 0) is 6.07 Å². The fraction of sp³-hybridized carbons (Fsp3) is 0.250. The molecule has 0 spiro atoms. The van der Waals surface area contributed by atoms with Crippen molar-refractivity contribution >= 4 is 17.7 Å². The van der Waals surface area contributed by atoms with Crippen LogP contribution in [0.1, 0.15) is 10.9 Å². The second-order valence-electron chi connectivity index (χ2n) is 3.76. The highest BCUT2D eigenvalue weighted by Crippen LogP contribution is 2.48. The number of fused-ring (bicyclic) bond motifs is 3. The van der Waals surface area contributed by atoms with Crippen molar-refractivity contribution in [3.05, 3.63) is 40.9 Å². The molecular formula is C12H11NO3S. The molecule has 0 N–H and O–H groups in total. The minimum absolute atomic E-state index is 0.119. The van der Waals surface area contributed by atoms with Crippen molar-refractivity contribution in [2.24, 2.45) is 0 Å². The molecule has 1 aromatic rings. The first-order valence-electron chi connectivity index (χ1n) is 5.23. The quantitative estimate of drug-likeness (QED) is 0.713. The van der Waals surface area contributed by atoms with Crippen LogP contribution in [0.15, 0.2) is 35.4 Å². The second-order valence-corrected chi connectivity index (χ2v) is 4.72. The summed E-state index contributed by atoms with van der Waals surface area (Å²) < 4.78 is 10.4. The van der Waals surface area contributed by atoms with Gasteiger partial charge < -0.3 is 14.4 Å². The van der Waals surface area contributed by atoms with Gasteiger partial charge in [0.1, 0.15) is 16.8 Å². The van der Waals surface area contributed by atoms with Crippen molar-refractivity contribution in [2.45, 2.75) is 5.37 Å². The maximum absolute atomic E-state index is 11.6. The lowest BCUT2D eigenvalue weighted by Gasteiger charge is -2.33. The number of hydrogen-bond donors (Lipinski definition) is 0. The highest BCUT2D eigenvalue weighted by molar-refractivity contribution is 8.02. The molecule has 17 heavy (non-hydrogen) atoms. The highest BCUT2D eigenvalue weighted by Gasteiger charge is 2.37. The molecule has 1 atom stereocenters. The van der Waals surface area contributed by atoms with Crippen LogP contribution in [0.3, 0.4) is 0 Å². The van der Waals surface area contributed by atoms with Crippen LogP contribution in [-0.4, -0.2) is 24.7 Å². The number of hydrogen-bond acceptors (Lipinski definition) is 5. The largest absolute Gasteiger partial charge is 0.473 e. The molecule has 2 aliphatic rings. The molecule has 0 saturated carbocycles. The first-order chi connectivity index (χ1) is 8.31. The molecule has 88 valence electrons. The number of methoxy groups -OCH3 is 1. The van der Waals surface area contributed by atoms with E-state index in [1.54, 1.807) is 11.8 Å². The van der Waals surface area contributed by atoms with E-state index in [2.05, 4.69) is 0 Å². The van der Waals surface area contributed by atoms with Crippen LogP contribution < -0.4 is 4.74 Å². The SMILES string of the molecule is COC(=O)C1=CSC2c3ccccc3OCN12. The van der Waals surface area contributed by atoms with E-state index in [0.29, 0.717) is 12.4 Å². The average molecular weight is 249 g/mol. The molecule has 5 heteroatoms. The summed E-state index contributed by atoms with van der Waals surface area (Å²) in [6, 6.07) is 7.89. The smallest absolute Gasteiger partial charge is 0.355 e. The molecule has 1 aromatic carbocycles. The van der Waals surface area contributed by atoms with Crippen LogP contribution >= 0.6 is 11.8 Å². The van der Waals surface area contributed by atoms with Crippen LogP contribution in [-0.2, 0) is 9.53 Å². The van der Waals surface area contributed by atoms with Crippen LogP contribution in [0.25, 0.3) is 0 Å². The molecule has 0 bridgehead atoms. The van der Waals surface area contributed by atoms with Gasteiger partial charge >= 0.3 is 5.97 Å². The monoisotopic (exact) mass is 249 g/mol. The van der Waals surface area contributed by atoms with Crippen molar-refractivity contribution < 1.29 is 14.3 Å². The number of nitrogens with zero attached hydrogens (tertiary/aromatic N) is 1. The summed E-state index contributed by atoms with van der Waals surface area (Å²) in [7, 11) is 1.39. The predicted octanol–water partition coefficient (Wildman–Crippen LogP) is 2.10. The fourth-order valence-electron chi connectivity index (χ4n) is 2.00. The number of carbonyl (C=O) groups excluding carboxylic acids is 1. The third-order valence-electron chi connectivity index (χ3n) is 2.84. The Kier molecular flexibility index (Phi) is 2.48. The fourth-order valence-corrected chi connectivity index (χ4v) is 3.15. The molecule has 1 unspecified atom stereocenters. The van der Waals surface area contributed by atoms with Gasteiger partial charge in [-0.2, -0.15) is 0 Å². The summed E-state index contributed by atoms with van der Waals surface area (Å²) in [6.07, 6.45) is 0. The van der Waals surface area contributed by atoms with E-state index in [0.717, 1.165) is 11.3 Å². The molecule has 0 amide bonds. The first-order valence-corrected chi connectivity index (χ1v) is 6.18. The third kappa shape index (κ3) is 1.58. The van der Waals surface area contributed by atoms with Crippen LogP contribution in [0.5, 0.6) is 5.75 Å². The second kappa shape index (κ2) is 4.00. The maximum Gasteiger partial charge on any atom is 0.355 e. The Morgan fingerprint density at radius 3 is 3.18 bits per heavy atom. The van der Waals surface area contributed by atoms with Crippen molar-refractivity contribution in [1.29, 1.82) is 0 Å². The molecule has 0 radical (unpaired) electrons. The van der Waals surface area contributed by atoms with Gasteiger partial charge in [-0.3, -0.25) is 0 Å². The minimum atomic E-state index is -0.317. The van der Waals surface area contributed by atoms with E-state index in [-0.39, 0.29) is 11.3 Å². The Morgan fingerprint density at radius 1 is 1.53 bits per heavy atom. The summed E-state index contributed by atoms with van der Waals surface area (Å²) in [4.78, 5) is 13.5. The minimum Gasteiger partial charge on any atom is -0.473 e. The van der Waals surface area contributed by atoms with E-state index < -0.39 is 0 Å². The lowest BCUT2D eigenvalue weighted by Crippen LogP contribution is -2.34. The third-order valence-corrected chi connectivity index (χ3v) is 3.97. The predicted molar refractivity (Wildman–Crippen MR) is 64.2 cm³/mol. The summed E-state index contributed by atoms with van der Waals surface area (Å²) in [6.45, 7) is 0.385. The molecular weight excluding hydrogens is 238 g/mol. The summed E-state index contributed by atoms with van der Waals surface area (Å²) in [5.74, 6) is 0.573. The number of benzene rings is 1. The molecule has 0 aliphatic carbocycles. The lowest BCUT2D eigenvalue weighted by molar-refractivity contribution is -0.138. The van der Waals surface area contributed by atoms with Crippen LogP contribution in [0.4, 0.5) is 0 Å². The van der Waals surface area contributed by atoms with Gasteiger partial charge in [0.05, 0.1) is 7.11 Å². The zero-order valence-corrected chi connectivity index (χ0v) is 10.1. The highest BCUT2D eigenvalue weighted by atomic mass is 32.2. The summed E-state index contributed by atoms with van der Waals surface area (Å²) in [5.41, 5.74) is 1.66. The average Bonchev–Trinajstić information content (AvgIpc) is 2.82. The van der Waals surface area contributed by atoms with Gasteiger partial charge in [-0.25, -0.2) is 4.79 Å². The van der Waals surface area contributed by atoms with E-state index in [1.807, 2.05) is 34.6 Å². The van der Waals surface area contributed by atoms with Crippen molar-refractivity contribution in [3.8, 4) is 5.75 Å². The standard InChI is InChI=1S/C12H11NO3S/c1-15-12(14)9-6-17-11-8-4-2-3-5-10(8)16-7-13(9)11/h2-6,11H,7H2,1H3.